The highest BCUT2D eigenvalue weighted by molar-refractivity contribution is 7.07. The highest BCUT2D eigenvalue weighted by Crippen LogP contribution is 2.14. The fraction of sp³-hybridized carbons (Fsp3) is 0.308. The summed E-state index contributed by atoms with van der Waals surface area (Å²) in [6.07, 6.45) is 2.57. The monoisotopic (exact) mass is 292 g/mol. The van der Waals surface area contributed by atoms with Gasteiger partial charge >= 0.3 is 0 Å². The molecular formula is C13H16N4O2S. The van der Waals surface area contributed by atoms with E-state index < -0.39 is 6.10 Å². The maximum atomic E-state index is 11.8. The molecule has 20 heavy (non-hydrogen) atoms. The van der Waals surface area contributed by atoms with Crippen LogP contribution in [0.2, 0.25) is 0 Å². The molecule has 2 N–H and O–H groups in total. The van der Waals surface area contributed by atoms with E-state index in [9.17, 15) is 9.90 Å². The molecule has 0 fully saturated rings. The van der Waals surface area contributed by atoms with Gasteiger partial charge in [0.05, 0.1) is 12.6 Å². The summed E-state index contributed by atoms with van der Waals surface area (Å²) in [5, 5.41) is 16.3. The number of amides is 1. The van der Waals surface area contributed by atoms with Crippen molar-refractivity contribution < 1.29 is 9.90 Å². The van der Waals surface area contributed by atoms with Gasteiger partial charge in [-0.15, -0.1) is 0 Å². The summed E-state index contributed by atoms with van der Waals surface area (Å²) < 4.78 is 0. The average Bonchev–Trinajstić information content (AvgIpc) is 3.00. The summed E-state index contributed by atoms with van der Waals surface area (Å²) in [6.45, 7) is 0.333. The number of nitrogens with one attached hydrogen (secondary N) is 1. The lowest BCUT2D eigenvalue weighted by Crippen LogP contribution is -2.37. The van der Waals surface area contributed by atoms with Gasteiger partial charge in [0, 0.05) is 26.0 Å². The second-order valence-corrected chi connectivity index (χ2v) is 5.06. The first-order chi connectivity index (χ1) is 9.66. The zero-order chi connectivity index (χ0) is 14.4. The first-order valence-electron chi connectivity index (χ1n) is 6.12. The lowest BCUT2D eigenvalue weighted by molar-refractivity contribution is -0.120. The Morgan fingerprint density at radius 1 is 1.50 bits per heavy atom. The summed E-state index contributed by atoms with van der Waals surface area (Å²) in [6, 6.07) is 3.56. The first kappa shape index (κ1) is 14.4. The molecule has 1 atom stereocenters. The number of aliphatic hydroxyl groups is 1. The fourth-order valence-corrected chi connectivity index (χ4v) is 2.33. The van der Waals surface area contributed by atoms with E-state index in [0.717, 1.165) is 5.56 Å². The molecule has 6 nitrogen and oxygen atoms in total. The highest BCUT2D eigenvalue weighted by Gasteiger charge is 2.12. The Balaban J connectivity index is 1.78. The summed E-state index contributed by atoms with van der Waals surface area (Å²) in [5.74, 6) is 0.301. The molecule has 0 aliphatic carbocycles. The van der Waals surface area contributed by atoms with Crippen molar-refractivity contribution in [2.45, 2.75) is 6.10 Å². The third-order valence-corrected chi connectivity index (χ3v) is 3.40. The van der Waals surface area contributed by atoms with Gasteiger partial charge in [-0.1, -0.05) is 0 Å². The first-order valence-corrected chi connectivity index (χ1v) is 7.06. The maximum Gasteiger partial charge on any atom is 0.239 e. The highest BCUT2D eigenvalue weighted by atomic mass is 32.1. The van der Waals surface area contributed by atoms with Gasteiger partial charge in [0.2, 0.25) is 11.9 Å². The molecule has 0 saturated carbocycles. The standard InChI is InChI=1S/C13H16N4O2S/c1-17(13-14-4-2-5-15-13)8-12(19)16-7-11(18)10-3-6-20-9-10/h2-6,9,11,18H,7-8H2,1H3,(H,16,19). The van der Waals surface area contributed by atoms with Crippen molar-refractivity contribution in [3.05, 3.63) is 40.8 Å². The van der Waals surface area contributed by atoms with Crippen molar-refractivity contribution in [1.82, 2.24) is 15.3 Å². The molecule has 0 spiro atoms. The molecule has 1 amide bonds. The molecule has 7 heteroatoms. The van der Waals surface area contributed by atoms with Crippen LogP contribution in [0.3, 0.4) is 0 Å². The van der Waals surface area contributed by atoms with Gasteiger partial charge in [-0.2, -0.15) is 11.3 Å². The molecule has 0 aliphatic heterocycles. The van der Waals surface area contributed by atoms with Crippen molar-refractivity contribution in [2.75, 3.05) is 25.0 Å². The Morgan fingerprint density at radius 2 is 2.25 bits per heavy atom. The van der Waals surface area contributed by atoms with Crippen molar-refractivity contribution in [1.29, 1.82) is 0 Å². The van der Waals surface area contributed by atoms with E-state index in [1.807, 2.05) is 16.8 Å². The molecule has 0 radical (unpaired) electrons. The number of aromatic nitrogens is 2. The minimum atomic E-state index is -0.677. The smallest absolute Gasteiger partial charge is 0.239 e. The zero-order valence-electron chi connectivity index (χ0n) is 11.1. The number of hydrogen-bond acceptors (Lipinski definition) is 6. The molecule has 106 valence electrons. The second-order valence-electron chi connectivity index (χ2n) is 4.28. The summed E-state index contributed by atoms with van der Waals surface area (Å²) in [5.41, 5.74) is 0.815. The van der Waals surface area contributed by atoms with E-state index in [4.69, 9.17) is 0 Å². The van der Waals surface area contributed by atoms with Crippen molar-refractivity contribution in [2.24, 2.45) is 0 Å². The molecule has 2 rings (SSSR count). The number of hydrogen-bond donors (Lipinski definition) is 2. The van der Waals surface area contributed by atoms with E-state index in [1.165, 1.54) is 11.3 Å². The zero-order valence-corrected chi connectivity index (χ0v) is 11.9. The van der Waals surface area contributed by atoms with Crippen LogP contribution in [0.15, 0.2) is 35.3 Å². The number of carbonyl (C=O) groups is 1. The molecule has 1 unspecified atom stereocenters. The Labute approximate surface area is 121 Å². The van der Waals surface area contributed by atoms with Crippen molar-refractivity contribution >= 4 is 23.2 Å². The van der Waals surface area contributed by atoms with Crippen molar-refractivity contribution in [3.8, 4) is 0 Å². The number of carbonyl (C=O) groups excluding carboxylic acids is 1. The largest absolute Gasteiger partial charge is 0.387 e. The molecule has 0 bridgehead atoms. The lowest BCUT2D eigenvalue weighted by atomic mass is 10.2. The van der Waals surface area contributed by atoms with Gasteiger partial charge in [-0.3, -0.25) is 4.79 Å². The normalized spacial score (nSPS) is 11.9. The Kier molecular flexibility index (Phi) is 5.03. The lowest BCUT2D eigenvalue weighted by Gasteiger charge is -2.17. The molecule has 2 heterocycles. The van der Waals surface area contributed by atoms with Gasteiger partial charge in [-0.05, 0) is 28.5 Å². The van der Waals surface area contributed by atoms with Crippen LogP contribution >= 0.6 is 11.3 Å². The van der Waals surface area contributed by atoms with Gasteiger partial charge in [0.1, 0.15) is 0 Å². The van der Waals surface area contributed by atoms with E-state index >= 15 is 0 Å². The SMILES string of the molecule is CN(CC(=O)NCC(O)c1ccsc1)c1ncccn1. The summed E-state index contributed by atoms with van der Waals surface area (Å²) in [7, 11) is 1.74. The predicted octanol–water partition coefficient (Wildman–Crippen LogP) is 0.824. The average molecular weight is 292 g/mol. The van der Waals surface area contributed by atoms with Gasteiger partial charge in [0.15, 0.2) is 0 Å². The molecule has 0 aliphatic rings. The van der Waals surface area contributed by atoms with Gasteiger partial charge in [0.25, 0.3) is 0 Å². The minimum absolute atomic E-state index is 0.139. The molecule has 0 aromatic carbocycles. The van der Waals surface area contributed by atoms with E-state index in [1.54, 1.807) is 30.4 Å². The molecule has 0 saturated heterocycles. The van der Waals surface area contributed by atoms with Crippen LogP contribution in [-0.2, 0) is 4.79 Å². The predicted molar refractivity (Wildman–Crippen MR) is 77.6 cm³/mol. The maximum absolute atomic E-state index is 11.8. The third kappa shape index (κ3) is 4.01. The van der Waals surface area contributed by atoms with Crippen molar-refractivity contribution in [3.63, 3.8) is 0 Å². The van der Waals surface area contributed by atoms with E-state index in [-0.39, 0.29) is 19.0 Å². The second kappa shape index (κ2) is 6.97. The number of rotatable bonds is 6. The van der Waals surface area contributed by atoms with Gasteiger partial charge in [-0.25, -0.2) is 9.97 Å². The summed E-state index contributed by atoms with van der Waals surface area (Å²) in [4.78, 5) is 21.5. The quantitative estimate of drug-likeness (QED) is 0.824. The summed E-state index contributed by atoms with van der Waals surface area (Å²) >= 11 is 1.51. The molecule has 2 aromatic heterocycles. The minimum Gasteiger partial charge on any atom is -0.387 e. The molecular weight excluding hydrogens is 276 g/mol. The molecule has 2 aromatic rings. The Hall–Kier alpha value is -1.99. The Bertz CT molecular complexity index is 533. The van der Waals surface area contributed by atoms with Crippen LogP contribution in [0.5, 0.6) is 0 Å². The van der Waals surface area contributed by atoms with Gasteiger partial charge < -0.3 is 15.3 Å². The number of likely N-dealkylation sites (N-methyl/N-ethyl adjacent to an activating group) is 1. The number of anilines is 1. The Morgan fingerprint density at radius 3 is 2.90 bits per heavy atom. The number of nitrogens with zero attached hydrogens (tertiary/aromatic N) is 3. The van der Waals surface area contributed by atoms with E-state index in [2.05, 4.69) is 15.3 Å². The number of aliphatic hydroxyl groups excluding tert-OH is 1. The van der Waals surface area contributed by atoms with Crippen LogP contribution in [0.25, 0.3) is 0 Å². The third-order valence-electron chi connectivity index (χ3n) is 2.69. The van der Waals surface area contributed by atoms with E-state index in [0.29, 0.717) is 5.95 Å². The van der Waals surface area contributed by atoms with Crippen LogP contribution < -0.4 is 10.2 Å². The fourth-order valence-electron chi connectivity index (χ4n) is 1.62. The topological polar surface area (TPSA) is 78.4 Å². The van der Waals surface area contributed by atoms with Crippen LogP contribution in [0.4, 0.5) is 5.95 Å². The number of thiophene rings is 1. The van der Waals surface area contributed by atoms with Crippen LogP contribution in [0, 0.1) is 0 Å². The van der Waals surface area contributed by atoms with Crippen LogP contribution in [-0.4, -0.2) is 41.1 Å². The van der Waals surface area contributed by atoms with Crippen LogP contribution in [0.1, 0.15) is 11.7 Å².